The van der Waals surface area contributed by atoms with E-state index in [1.54, 1.807) is 0 Å². The number of anilines is 1. The van der Waals surface area contributed by atoms with Crippen LogP contribution in [0.5, 0.6) is 0 Å². The number of nitrogens with zero attached hydrogens (tertiary/aromatic N) is 3. The normalized spacial score (nSPS) is 11.1. The fourth-order valence-electron chi connectivity index (χ4n) is 1.94. The fourth-order valence-corrected chi connectivity index (χ4v) is 2.69. The topological polar surface area (TPSA) is 66.5 Å². The van der Waals surface area contributed by atoms with Gasteiger partial charge in [-0.3, -0.25) is 0 Å². The van der Waals surface area contributed by atoms with E-state index >= 15 is 0 Å². The Morgan fingerprint density at radius 3 is 2.94 bits per heavy atom. The Morgan fingerprint density at radius 1 is 1.33 bits per heavy atom. The van der Waals surface area contributed by atoms with Crippen LogP contribution in [-0.2, 0) is 0 Å². The third-order valence-corrected chi connectivity index (χ3v) is 3.76. The minimum Gasteiger partial charge on any atom is -0.378 e. The Hall–Kier alpha value is -1.95. The van der Waals surface area contributed by atoms with Crippen LogP contribution in [-0.4, -0.2) is 26.4 Å². The average molecular weight is 259 g/mol. The van der Waals surface area contributed by atoms with Crippen molar-refractivity contribution >= 4 is 27.7 Å². The van der Waals surface area contributed by atoms with Crippen molar-refractivity contribution in [3.8, 4) is 11.4 Å². The van der Waals surface area contributed by atoms with Gasteiger partial charge in [0.1, 0.15) is 10.8 Å². The van der Waals surface area contributed by atoms with E-state index < -0.39 is 0 Å². The molecular formula is C12H13N5S. The number of aromatic amines is 1. The SMILES string of the molecule is CNc1snc(C)c1-c1nc2ncc(C)cc2[nH]1. The molecule has 3 heterocycles. The smallest absolute Gasteiger partial charge is 0.178 e. The Kier molecular flexibility index (Phi) is 2.52. The van der Waals surface area contributed by atoms with Gasteiger partial charge in [0.15, 0.2) is 5.65 Å². The van der Waals surface area contributed by atoms with Gasteiger partial charge in [0.25, 0.3) is 0 Å². The number of hydrogen-bond acceptors (Lipinski definition) is 5. The third-order valence-electron chi connectivity index (χ3n) is 2.80. The van der Waals surface area contributed by atoms with Crippen LogP contribution in [0, 0.1) is 13.8 Å². The highest BCUT2D eigenvalue weighted by atomic mass is 32.1. The van der Waals surface area contributed by atoms with Gasteiger partial charge < -0.3 is 10.3 Å². The maximum absolute atomic E-state index is 4.53. The third kappa shape index (κ3) is 1.65. The van der Waals surface area contributed by atoms with Gasteiger partial charge in [-0.25, -0.2) is 9.97 Å². The van der Waals surface area contributed by atoms with E-state index in [1.807, 2.05) is 33.2 Å². The number of rotatable bonds is 2. The lowest BCUT2D eigenvalue weighted by molar-refractivity contribution is 1.26. The Labute approximate surface area is 108 Å². The molecule has 3 rings (SSSR count). The molecule has 0 bridgehead atoms. The first-order valence-corrected chi connectivity index (χ1v) is 6.43. The molecule has 0 unspecified atom stereocenters. The monoisotopic (exact) mass is 259 g/mol. The second kappa shape index (κ2) is 4.06. The Bertz CT molecular complexity index is 712. The summed E-state index contributed by atoms with van der Waals surface area (Å²) in [5, 5.41) is 4.16. The van der Waals surface area contributed by atoms with E-state index in [0.29, 0.717) is 0 Å². The molecule has 0 spiro atoms. The Morgan fingerprint density at radius 2 is 2.17 bits per heavy atom. The van der Waals surface area contributed by atoms with Crippen molar-refractivity contribution in [1.82, 2.24) is 19.3 Å². The second-order valence-electron chi connectivity index (χ2n) is 4.19. The van der Waals surface area contributed by atoms with Crippen molar-refractivity contribution in [1.29, 1.82) is 0 Å². The number of hydrogen-bond donors (Lipinski definition) is 2. The highest BCUT2D eigenvalue weighted by Gasteiger charge is 2.15. The maximum atomic E-state index is 4.53. The van der Waals surface area contributed by atoms with Gasteiger partial charge >= 0.3 is 0 Å². The highest BCUT2D eigenvalue weighted by molar-refractivity contribution is 7.10. The molecule has 0 saturated carbocycles. The lowest BCUT2D eigenvalue weighted by Crippen LogP contribution is -1.89. The molecule has 0 atom stereocenters. The molecule has 5 nitrogen and oxygen atoms in total. The molecule has 0 fully saturated rings. The zero-order valence-electron chi connectivity index (χ0n) is 10.4. The van der Waals surface area contributed by atoms with Crippen LogP contribution in [0.1, 0.15) is 11.3 Å². The van der Waals surface area contributed by atoms with Gasteiger partial charge in [-0.05, 0) is 37.0 Å². The summed E-state index contributed by atoms with van der Waals surface area (Å²) in [7, 11) is 1.89. The summed E-state index contributed by atoms with van der Waals surface area (Å²) in [6.45, 7) is 4.00. The second-order valence-corrected chi connectivity index (χ2v) is 4.96. The summed E-state index contributed by atoms with van der Waals surface area (Å²) < 4.78 is 4.35. The Balaban J connectivity index is 2.22. The quantitative estimate of drug-likeness (QED) is 0.742. The number of aryl methyl sites for hydroxylation is 2. The largest absolute Gasteiger partial charge is 0.378 e. The summed E-state index contributed by atoms with van der Waals surface area (Å²) in [5.41, 5.74) is 4.81. The first-order valence-electron chi connectivity index (χ1n) is 5.66. The molecular weight excluding hydrogens is 246 g/mol. The van der Waals surface area contributed by atoms with E-state index in [2.05, 4.69) is 24.6 Å². The molecule has 0 aliphatic heterocycles. The first-order chi connectivity index (χ1) is 8.69. The van der Waals surface area contributed by atoms with Gasteiger partial charge in [-0.1, -0.05) is 0 Å². The number of aromatic nitrogens is 4. The van der Waals surface area contributed by atoms with Crippen molar-refractivity contribution in [3.63, 3.8) is 0 Å². The summed E-state index contributed by atoms with van der Waals surface area (Å²) in [6, 6.07) is 2.05. The predicted octanol–water partition coefficient (Wildman–Crippen LogP) is 2.74. The minimum absolute atomic E-state index is 0.739. The lowest BCUT2D eigenvalue weighted by atomic mass is 10.2. The van der Waals surface area contributed by atoms with Crippen molar-refractivity contribution < 1.29 is 0 Å². The molecule has 92 valence electrons. The van der Waals surface area contributed by atoms with Crippen LogP contribution < -0.4 is 5.32 Å². The van der Waals surface area contributed by atoms with E-state index in [4.69, 9.17) is 0 Å². The number of nitrogens with one attached hydrogen (secondary N) is 2. The van der Waals surface area contributed by atoms with Gasteiger partial charge in [0.05, 0.1) is 16.8 Å². The van der Waals surface area contributed by atoms with Gasteiger partial charge in [0, 0.05) is 13.2 Å². The predicted molar refractivity (Wildman–Crippen MR) is 74.0 cm³/mol. The molecule has 0 aliphatic carbocycles. The fraction of sp³-hybridized carbons (Fsp3) is 0.250. The summed E-state index contributed by atoms with van der Waals surface area (Å²) in [6.07, 6.45) is 1.82. The van der Waals surface area contributed by atoms with Crippen molar-refractivity contribution in [2.75, 3.05) is 12.4 Å². The van der Waals surface area contributed by atoms with Crippen LogP contribution in [0.25, 0.3) is 22.6 Å². The van der Waals surface area contributed by atoms with Crippen LogP contribution in [0.3, 0.4) is 0 Å². The van der Waals surface area contributed by atoms with E-state index in [9.17, 15) is 0 Å². The molecule has 0 aliphatic rings. The first kappa shape index (κ1) is 11.2. The number of fused-ring (bicyclic) bond motifs is 1. The molecule has 0 saturated heterocycles. The summed E-state index contributed by atoms with van der Waals surface area (Å²) >= 11 is 1.44. The van der Waals surface area contributed by atoms with E-state index in [1.165, 1.54) is 11.5 Å². The molecule has 18 heavy (non-hydrogen) atoms. The zero-order chi connectivity index (χ0) is 12.7. The van der Waals surface area contributed by atoms with Gasteiger partial charge in [-0.15, -0.1) is 0 Å². The summed E-state index contributed by atoms with van der Waals surface area (Å²) in [5.74, 6) is 0.818. The molecule has 0 radical (unpaired) electrons. The average Bonchev–Trinajstić information content (AvgIpc) is 2.91. The van der Waals surface area contributed by atoms with Crippen LogP contribution in [0.4, 0.5) is 5.00 Å². The standard InChI is InChI=1S/C12H13N5S/c1-6-4-8-10(14-5-6)16-11(15-8)9-7(2)17-18-12(9)13-3/h4-5,13H,1-3H3,(H,14,15,16). The van der Waals surface area contributed by atoms with Crippen molar-refractivity contribution in [2.24, 2.45) is 0 Å². The molecule has 3 aromatic rings. The molecule has 2 N–H and O–H groups in total. The van der Waals surface area contributed by atoms with Crippen LogP contribution in [0.15, 0.2) is 12.3 Å². The maximum Gasteiger partial charge on any atom is 0.178 e. The number of H-pyrrole nitrogens is 1. The van der Waals surface area contributed by atoms with E-state index in [0.717, 1.165) is 38.8 Å². The highest BCUT2D eigenvalue weighted by Crippen LogP contribution is 2.33. The van der Waals surface area contributed by atoms with Crippen molar-refractivity contribution in [2.45, 2.75) is 13.8 Å². The lowest BCUT2D eigenvalue weighted by Gasteiger charge is -1.98. The van der Waals surface area contributed by atoms with Gasteiger partial charge in [-0.2, -0.15) is 4.37 Å². The number of imidazole rings is 1. The molecule has 3 aromatic heterocycles. The van der Waals surface area contributed by atoms with E-state index in [-0.39, 0.29) is 0 Å². The molecule has 0 aromatic carbocycles. The van der Waals surface area contributed by atoms with Crippen LogP contribution in [0.2, 0.25) is 0 Å². The van der Waals surface area contributed by atoms with Crippen molar-refractivity contribution in [3.05, 3.63) is 23.5 Å². The number of pyridine rings is 1. The molecule has 6 heteroatoms. The van der Waals surface area contributed by atoms with Crippen LogP contribution >= 0.6 is 11.5 Å². The van der Waals surface area contributed by atoms with Gasteiger partial charge in [0.2, 0.25) is 0 Å². The summed E-state index contributed by atoms with van der Waals surface area (Å²) in [4.78, 5) is 12.1. The molecule has 0 amide bonds. The minimum atomic E-state index is 0.739. The zero-order valence-corrected chi connectivity index (χ0v) is 11.2.